The second kappa shape index (κ2) is 6.92. The monoisotopic (exact) mass is 305 g/mol. The van der Waals surface area contributed by atoms with Gasteiger partial charge >= 0.3 is 5.97 Å². The average Bonchev–Trinajstić information content (AvgIpc) is 3.03. The maximum atomic E-state index is 12.9. The minimum Gasteiger partial charge on any atom is -0.480 e. The topological polar surface area (TPSA) is 75.6 Å². The number of amides is 1. The van der Waals surface area contributed by atoms with Gasteiger partial charge in [0.15, 0.2) is 6.04 Å². The van der Waals surface area contributed by atoms with Gasteiger partial charge in [0.25, 0.3) is 0 Å². The number of rotatable bonds is 6. The second-order valence-electron chi connectivity index (χ2n) is 5.89. The summed E-state index contributed by atoms with van der Waals surface area (Å²) in [5.74, 6) is -1.29. The zero-order valence-corrected chi connectivity index (χ0v) is 13.0. The largest absolute Gasteiger partial charge is 0.480 e. The molecule has 0 aliphatic heterocycles. The predicted octanol–water partition coefficient (Wildman–Crippen LogP) is 2.10. The van der Waals surface area contributed by atoms with Crippen LogP contribution in [0.3, 0.4) is 0 Å². The fourth-order valence-corrected chi connectivity index (χ4v) is 3.18. The van der Waals surface area contributed by atoms with Crippen molar-refractivity contribution in [3.05, 3.63) is 35.9 Å². The van der Waals surface area contributed by atoms with Crippen molar-refractivity contribution in [2.45, 2.75) is 50.2 Å². The number of hydrogen-bond acceptors (Lipinski definition) is 3. The highest BCUT2D eigenvalue weighted by molar-refractivity contribution is 5.92. The summed E-state index contributed by atoms with van der Waals surface area (Å²) >= 11 is 0. The summed E-state index contributed by atoms with van der Waals surface area (Å²) in [5, 5.41) is 12.0. The number of carbonyl (C=O) groups excluding carboxylic acids is 1. The van der Waals surface area contributed by atoms with Gasteiger partial charge in [-0.3, -0.25) is 4.79 Å². The Kier molecular flexibility index (Phi) is 5.19. The van der Waals surface area contributed by atoms with Crippen LogP contribution in [-0.4, -0.2) is 36.2 Å². The molecule has 5 heteroatoms. The van der Waals surface area contributed by atoms with E-state index in [1.807, 2.05) is 30.3 Å². The predicted molar refractivity (Wildman–Crippen MR) is 82.6 cm³/mol. The van der Waals surface area contributed by atoms with Crippen molar-refractivity contribution in [2.75, 3.05) is 7.11 Å². The SMILES string of the molecule is CO[C@H](C)[C@H](NC(=O)C1(c2ccccc2)CCCC1)C(=O)O. The standard InChI is InChI=1S/C17H23NO4/c1-12(22-2)14(15(19)20)18-16(21)17(10-6-7-11-17)13-8-4-3-5-9-13/h3-5,8-9,12,14H,6-7,10-11H2,1-2H3,(H,18,21)(H,19,20)/t12-,14+/m1/s1. The van der Waals surface area contributed by atoms with Gasteiger partial charge in [-0.15, -0.1) is 0 Å². The highest BCUT2D eigenvalue weighted by Gasteiger charge is 2.44. The van der Waals surface area contributed by atoms with E-state index < -0.39 is 23.5 Å². The summed E-state index contributed by atoms with van der Waals surface area (Å²) in [6, 6.07) is 8.58. The van der Waals surface area contributed by atoms with Gasteiger partial charge in [0.05, 0.1) is 11.5 Å². The lowest BCUT2D eigenvalue weighted by Gasteiger charge is -2.31. The van der Waals surface area contributed by atoms with E-state index in [1.165, 1.54) is 7.11 Å². The summed E-state index contributed by atoms with van der Waals surface area (Å²) in [6.45, 7) is 1.64. The molecule has 1 fully saturated rings. The van der Waals surface area contributed by atoms with Crippen LogP contribution in [-0.2, 0) is 19.7 Å². The fraction of sp³-hybridized carbons (Fsp3) is 0.529. The molecule has 120 valence electrons. The molecule has 0 unspecified atom stereocenters. The molecule has 22 heavy (non-hydrogen) atoms. The molecule has 1 aromatic rings. The van der Waals surface area contributed by atoms with Crippen LogP contribution >= 0.6 is 0 Å². The van der Waals surface area contributed by atoms with Crippen LogP contribution in [0.2, 0.25) is 0 Å². The van der Waals surface area contributed by atoms with Gasteiger partial charge in [0, 0.05) is 7.11 Å². The van der Waals surface area contributed by atoms with Gasteiger partial charge in [-0.1, -0.05) is 43.2 Å². The fourth-order valence-electron chi connectivity index (χ4n) is 3.18. The van der Waals surface area contributed by atoms with E-state index >= 15 is 0 Å². The van der Waals surface area contributed by atoms with Gasteiger partial charge < -0.3 is 15.2 Å². The van der Waals surface area contributed by atoms with Gasteiger partial charge in [-0.05, 0) is 25.3 Å². The number of benzene rings is 1. The maximum Gasteiger partial charge on any atom is 0.328 e. The molecule has 2 N–H and O–H groups in total. The second-order valence-corrected chi connectivity index (χ2v) is 5.89. The van der Waals surface area contributed by atoms with Crippen LogP contribution in [0.5, 0.6) is 0 Å². The van der Waals surface area contributed by atoms with Gasteiger partial charge in [-0.2, -0.15) is 0 Å². The highest BCUT2D eigenvalue weighted by Crippen LogP contribution is 2.41. The Balaban J connectivity index is 2.26. The molecule has 1 aliphatic rings. The number of aliphatic carboxylic acids is 1. The van der Waals surface area contributed by atoms with E-state index in [0.29, 0.717) is 0 Å². The van der Waals surface area contributed by atoms with E-state index in [0.717, 1.165) is 31.2 Å². The molecule has 0 radical (unpaired) electrons. The zero-order chi connectivity index (χ0) is 16.2. The molecule has 0 saturated heterocycles. The lowest BCUT2D eigenvalue weighted by Crippen LogP contribution is -2.54. The van der Waals surface area contributed by atoms with E-state index in [1.54, 1.807) is 6.92 Å². The molecule has 1 saturated carbocycles. The number of nitrogens with one attached hydrogen (secondary N) is 1. The maximum absolute atomic E-state index is 12.9. The normalized spacial score (nSPS) is 19.4. The number of carbonyl (C=O) groups is 2. The van der Waals surface area contributed by atoms with Crippen molar-refractivity contribution in [2.24, 2.45) is 0 Å². The summed E-state index contributed by atoms with van der Waals surface area (Å²) in [4.78, 5) is 24.3. The molecule has 0 spiro atoms. The van der Waals surface area contributed by atoms with Crippen LogP contribution in [0.1, 0.15) is 38.2 Å². The third-order valence-corrected chi connectivity index (χ3v) is 4.61. The summed E-state index contributed by atoms with van der Waals surface area (Å²) < 4.78 is 5.08. The molecule has 1 aromatic carbocycles. The number of carboxylic acids is 1. The van der Waals surface area contributed by atoms with Crippen molar-refractivity contribution >= 4 is 11.9 Å². The van der Waals surface area contributed by atoms with Crippen molar-refractivity contribution in [3.63, 3.8) is 0 Å². The Morgan fingerprint density at radius 2 is 1.82 bits per heavy atom. The van der Waals surface area contributed by atoms with Gasteiger partial charge in [0.2, 0.25) is 5.91 Å². The van der Waals surface area contributed by atoms with E-state index in [9.17, 15) is 14.7 Å². The quantitative estimate of drug-likeness (QED) is 0.844. The van der Waals surface area contributed by atoms with Crippen molar-refractivity contribution < 1.29 is 19.4 Å². The molecule has 0 heterocycles. The first-order chi connectivity index (χ1) is 10.5. The Morgan fingerprint density at radius 3 is 2.32 bits per heavy atom. The molecule has 2 rings (SSSR count). The van der Waals surface area contributed by atoms with E-state index in [-0.39, 0.29) is 5.91 Å². The van der Waals surface area contributed by atoms with Gasteiger partial charge in [0.1, 0.15) is 0 Å². The minimum absolute atomic E-state index is 0.215. The third-order valence-electron chi connectivity index (χ3n) is 4.61. The summed E-state index contributed by atoms with van der Waals surface area (Å²) in [5.41, 5.74) is 0.335. The van der Waals surface area contributed by atoms with Crippen LogP contribution in [0, 0.1) is 0 Å². The summed E-state index contributed by atoms with van der Waals surface area (Å²) in [7, 11) is 1.44. The molecule has 1 aliphatic carbocycles. The third kappa shape index (κ3) is 3.14. The first-order valence-electron chi connectivity index (χ1n) is 7.63. The lowest BCUT2D eigenvalue weighted by atomic mass is 9.77. The minimum atomic E-state index is -1.08. The Labute approximate surface area is 130 Å². The van der Waals surface area contributed by atoms with Crippen LogP contribution < -0.4 is 5.32 Å². The zero-order valence-electron chi connectivity index (χ0n) is 13.0. The van der Waals surface area contributed by atoms with Crippen LogP contribution in [0.15, 0.2) is 30.3 Å². The van der Waals surface area contributed by atoms with E-state index in [4.69, 9.17) is 4.74 Å². The smallest absolute Gasteiger partial charge is 0.328 e. The number of methoxy groups -OCH3 is 1. The van der Waals surface area contributed by atoms with Crippen LogP contribution in [0.4, 0.5) is 0 Å². The molecular formula is C17H23NO4. The number of ether oxygens (including phenoxy) is 1. The van der Waals surface area contributed by atoms with Gasteiger partial charge in [-0.25, -0.2) is 4.79 Å². The Bertz CT molecular complexity index is 523. The Morgan fingerprint density at radius 1 is 1.23 bits per heavy atom. The van der Waals surface area contributed by atoms with Crippen molar-refractivity contribution in [1.29, 1.82) is 0 Å². The first kappa shape index (κ1) is 16.5. The highest BCUT2D eigenvalue weighted by atomic mass is 16.5. The molecule has 0 aromatic heterocycles. The number of hydrogen-bond donors (Lipinski definition) is 2. The number of carboxylic acid groups (broad SMARTS) is 1. The molecule has 2 atom stereocenters. The average molecular weight is 305 g/mol. The first-order valence-corrected chi connectivity index (χ1v) is 7.63. The Hall–Kier alpha value is -1.88. The van der Waals surface area contributed by atoms with Crippen molar-refractivity contribution in [3.8, 4) is 0 Å². The summed E-state index contributed by atoms with van der Waals surface area (Å²) in [6.07, 6.45) is 2.85. The lowest BCUT2D eigenvalue weighted by molar-refractivity contribution is -0.146. The molecule has 1 amide bonds. The van der Waals surface area contributed by atoms with Crippen LogP contribution in [0.25, 0.3) is 0 Å². The molecule has 0 bridgehead atoms. The molecular weight excluding hydrogens is 282 g/mol. The van der Waals surface area contributed by atoms with E-state index in [2.05, 4.69) is 5.32 Å². The molecule has 5 nitrogen and oxygen atoms in total. The van der Waals surface area contributed by atoms with Crippen molar-refractivity contribution in [1.82, 2.24) is 5.32 Å².